The van der Waals surface area contributed by atoms with Crippen LogP contribution in [0.15, 0.2) is 24.3 Å². The highest BCUT2D eigenvalue weighted by atomic mass is 14.0. The number of hydrogen-bond donors (Lipinski definition) is 0. The number of allylic oxidation sites excluding steroid dienone is 3. The third-order valence-electron chi connectivity index (χ3n) is 2.55. The van der Waals surface area contributed by atoms with Gasteiger partial charge in [-0.2, -0.15) is 0 Å². The van der Waals surface area contributed by atoms with Crippen LogP contribution in [0.1, 0.15) is 65.2 Å². The largest absolute Gasteiger partial charge is 0.0988 e. The Hall–Kier alpha value is -0.520. The first-order valence-electron chi connectivity index (χ1n) is 6.16. The average molecular weight is 194 g/mol. The van der Waals surface area contributed by atoms with E-state index in [1.54, 1.807) is 0 Å². The highest BCUT2D eigenvalue weighted by molar-refractivity contribution is 5.15. The highest BCUT2D eigenvalue weighted by Gasteiger charge is 1.92. The summed E-state index contributed by atoms with van der Waals surface area (Å²) < 4.78 is 0. The number of hydrogen-bond acceptors (Lipinski definition) is 0. The molecule has 0 aromatic carbocycles. The summed E-state index contributed by atoms with van der Waals surface area (Å²) in [7, 11) is 0. The van der Waals surface area contributed by atoms with E-state index in [2.05, 4.69) is 26.5 Å². The van der Waals surface area contributed by atoms with Crippen molar-refractivity contribution in [2.45, 2.75) is 65.2 Å². The van der Waals surface area contributed by atoms with Gasteiger partial charge in [0.1, 0.15) is 0 Å². The molecular formula is C14H26. The van der Waals surface area contributed by atoms with E-state index in [9.17, 15) is 0 Å². The standard InChI is InChI=1S/C14H26/c1-4-7-9-11-13-14(6-3)12-10-8-5-2/h6,12H,3-5,7-11,13H2,1-2H3. The van der Waals surface area contributed by atoms with Crippen LogP contribution in [-0.2, 0) is 0 Å². The Morgan fingerprint density at radius 3 is 2.29 bits per heavy atom. The molecule has 0 heteroatoms. The van der Waals surface area contributed by atoms with Crippen LogP contribution >= 0.6 is 0 Å². The molecule has 0 nitrogen and oxygen atoms in total. The fourth-order valence-electron chi connectivity index (χ4n) is 1.53. The Morgan fingerprint density at radius 2 is 1.71 bits per heavy atom. The van der Waals surface area contributed by atoms with Crippen LogP contribution in [0, 0.1) is 0 Å². The molecule has 0 fully saturated rings. The minimum absolute atomic E-state index is 1.23. The maximum atomic E-state index is 3.87. The van der Waals surface area contributed by atoms with E-state index in [-0.39, 0.29) is 0 Å². The molecule has 0 aliphatic carbocycles. The number of rotatable bonds is 9. The molecular weight excluding hydrogens is 168 g/mol. The van der Waals surface area contributed by atoms with E-state index >= 15 is 0 Å². The quantitative estimate of drug-likeness (QED) is 0.347. The van der Waals surface area contributed by atoms with Crippen molar-refractivity contribution in [2.24, 2.45) is 0 Å². The second-order valence-electron chi connectivity index (χ2n) is 3.94. The second-order valence-corrected chi connectivity index (χ2v) is 3.94. The Labute approximate surface area is 90.1 Å². The zero-order valence-electron chi connectivity index (χ0n) is 10.0. The van der Waals surface area contributed by atoms with E-state index in [0.717, 1.165) is 0 Å². The molecule has 82 valence electrons. The van der Waals surface area contributed by atoms with Gasteiger partial charge in [0.05, 0.1) is 0 Å². The molecule has 0 aliphatic heterocycles. The topological polar surface area (TPSA) is 0 Å². The van der Waals surface area contributed by atoms with Gasteiger partial charge in [0.25, 0.3) is 0 Å². The van der Waals surface area contributed by atoms with E-state index < -0.39 is 0 Å². The molecule has 0 saturated heterocycles. The molecule has 0 N–H and O–H groups in total. The average Bonchev–Trinajstić information content (AvgIpc) is 2.22. The highest BCUT2D eigenvalue weighted by Crippen LogP contribution is 2.12. The summed E-state index contributed by atoms with van der Waals surface area (Å²) in [6.45, 7) is 8.36. The second kappa shape index (κ2) is 10.6. The molecule has 0 rings (SSSR count). The summed E-state index contributed by atoms with van der Waals surface area (Å²) in [6.07, 6.45) is 14.8. The lowest BCUT2D eigenvalue weighted by molar-refractivity contribution is 0.666. The van der Waals surface area contributed by atoms with Crippen molar-refractivity contribution in [3.05, 3.63) is 24.3 Å². The normalized spacial score (nSPS) is 11.7. The SMILES string of the molecule is C=CC(=CCCCC)CCCCCC. The van der Waals surface area contributed by atoms with Crippen molar-refractivity contribution < 1.29 is 0 Å². The fourth-order valence-corrected chi connectivity index (χ4v) is 1.53. The maximum Gasteiger partial charge on any atom is -0.0282 e. The van der Waals surface area contributed by atoms with E-state index in [0.29, 0.717) is 0 Å². The molecule has 0 unspecified atom stereocenters. The van der Waals surface area contributed by atoms with Crippen molar-refractivity contribution in [3.63, 3.8) is 0 Å². The van der Waals surface area contributed by atoms with Crippen molar-refractivity contribution >= 4 is 0 Å². The summed E-state index contributed by atoms with van der Waals surface area (Å²) in [5, 5.41) is 0. The lowest BCUT2D eigenvalue weighted by Gasteiger charge is -2.01. The van der Waals surface area contributed by atoms with Gasteiger partial charge >= 0.3 is 0 Å². The van der Waals surface area contributed by atoms with Gasteiger partial charge in [-0.1, -0.05) is 70.3 Å². The van der Waals surface area contributed by atoms with Crippen LogP contribution in [0.3, 0.4) is 0 Å². The van der Waals surface area contributed by atoms with Crippen molar-refractivity contribution in [1.29, 1.82) is 0 Å². The summed E-state index contributed by atoms with van der Waals surface area (Å²) in [4.78, 5) is 0. The molecule has 0 spiro atoms. The molecule has 0 heterocycles. The molecule has 0 aromatic rings. The van der Waals surface area contributed by atoms with Gasteiger partial charge in [-0.25, -0.2) is 0 Å². The molecule has 0 atom stereocenters. The molecule has 0 aliphatic rings. The van der Waals surface area contributed by atoms with Crippen LogP contribution < -0.4 is 0 Å². The Morgan fingerprint density at radius 1 is 1.00 bits per heavy atom. The van der Waals surface area contributed by atoms with Gasteiger partial charge in [-0.15, -0.1) is 0 Å². The van der Waals surface area contributed by atoms with Crippen LogP contribution in [0.25, 0.3) is 0 Å². The smallest absolute Gasteiger partial charge is 0.0282 e. The molecule has 0 radical (unpaired) electrons. The first-order chi connectivity index (χ1) is 6.85. The van der Waals surface area contributed by atoms with Crippen LogP contribution in [0.4, 0.5) is 0 Å². The first-order valence-corrected chi connectivity index (χ1v) is 6.16. The Bertz CT molecular complexity index is 153. The monoisotopic (exact) mass is 194 g/mol. The van der Waals surface area contributed by atoms with Crippen molar-refractivity contribution in [2.75, 3.05) is 0 Å². The minimum Gasteiger partial charge on any atom is -0.0988 e. The Kier molecular flexibility index (Phi) is 10.2. The van der Waals surface area contributed by atoms with Crippen LogP contribution in [0.5, 0.6) is 0 Å². The van der Waals surface area contributed by atoms with E-state index in [4.69, 9.17) is 0 Å². The minimum atomic E-state index is 1.23. The summed E-state index contributed by atoms with van der Waals surface area (Å²) in [5.74, 6) is 0. The summed E-state index contributed by atoms with van der Waals surface area (Å²) in [6, 6.07) is 0. The number of unbranched alkanes of at least 4 members (excludes halogenated alkanes) is 5. The molecule has 0 saturated carbocycles. The van der Waals surface area contributed by atoms with Gasteiger partial charge in [-0.3, -0.25) is 0 Å². The van der Waals surface area contributed by atoms with E-state index in [1.165, 1.54) is 56.9 Å². The summed E-state index contributed by atoms with van der Waals surface area (Å²) >= 11 is 0. The summed E-state index contributed by atoms with van der Waals surface area (Å²) in [5.41, 5.74) is 1.45. The van der Waals surface area contributed by atoms with Gasteiger partial charge in [-0.05, 0) is 19.3 Å². The lowest BCUT2D eigenvalue weighted by atomic mass is 10.0. The zero-order chi connectivity index (χ0) is 10.6. The molecule has 0 aromatic heterocycles. The molecule has 0 amide bonds. The van der Waals surface area contributed by atoms with Gasteiger partial charge in [0.15, 0.2) is 0 Å². The zero-order valence-corrected chi connectivity index (χ0v) is 10.0. The van der Waals surface area contributed by atoms with Gasteiger partial charge in [0.2, 0.25) is 0 Å². The third kappa shape index (κ3) is 8.10. The predicted molar refractivity (Wildman–Crippen MR) is 66.6 cm³/mol. The van der Waals surface area contributed by atoms with Gasteiger partial charge < -0.3 is 0 Å². The first kappa shape index (κ1) is 13.5. The van der Waals surface area contributed by atoms with Crippen molar-refractivity contribution in [3.8, 4) is 0 Å². The molecule has 0 bridgehead atoms. The Balaban J connectivity index is 3.56. The third-order valence-corrected chi connectivity index (χ3v) is 2.55. The fraction of sp³-hybridized carbons (Fsp3) is 0.714. The maximum absolute atomic E-state index is 3.87. The van der Waals surface area contributed by atoms with Gasteiger partial charge in [0, 0.05) is 0 Å². The van der Waals surface area contributed by atoms with E-state index in [1.807, 2.05) is 6.08 Å². The predicted octanol–water partition coefficient (Wildman–Crippen LogP) is 5.26. The lowest BCUT2D eigenvalue weighted by Crippen LogP contribution is -1.82. The van der Waals surface area contributed by atoms with Crippen LogP contribution in [0.2, 0.25) is 0 Å². The van der Waals surface area contributed by atoms with Crippen molar-refractivity contribution in [1.82, 2.24) is 0 Å². The van der Waals surface area contributed by atoms with Crippen LogP contribution in [-0.4, -0.2) is 0 Å². The molecule has 14 heavy (non-hydrogen) atoms.